The summed E-state index contributed by atoms with van der Waals surface area (Å²) < 4.78 is 11.0. The first-order chi connectivity index (χ1) is 14.5. The minimum absolute atomic E-state index is 0.0486. The first-order valence-corrected chi connectivity index (χ1v) is 11.7. The van der Waals surface area contributed by atoms with E-state index in [4.69, 9.17) is 9.47 Å². The third-order valence-corrected chi connectivity index (χ3v) is 7.04. The van der Waals surface area contributed by atoms with Crippen molar-refractivity contribution in [3.8, 4) is 0 Å². The van der Waals surface area contributed by atoms with Crippen LogP contribution >= 0.6 is 0 Å². The van der Waals surface area contributed by atoms with E-state index in [1.807, 2.05) is 32.6 Å². The van der Waals surface area contributed by atoms with Crippen molar-refractivity contribution in [2.75, 3.05) is 46.4 Å². The van der Waals surface area contributed by atoms with Crippen LogP contribution in [0.5, 0.6) is 0 Å². The van der Waals surface area contributed by atoms with Gasteiger partial charge in [0.05, 0.1) is 18.8 Å². The van der Waals surface area contributed by atoms with Crippen molar-refractivity contribution in [3.05, 3.63) is 0 Å². The molecule has 1 aliphatic carbocycles. The number of aliphatic hydroxyl groups excluding tert-OH is 1. The number of aliphatic hydroxyl groups is 1. The van der Waals surface area contributed by atoms with Gasteiger partial charge in [0.2, 0.25) is 5.91 Å². The summed E-state index contributed by atoms with van der Waals surface area (Å²) in [4.78, 5) is 31.5. The van der Waals surface area contributed by atoms with Crippen LogP contribution in [0.15, 0.2) is 0 Å². The van der Waals surface area contributed by atoms with Gasteiger partial charge in [0.25, 0.3) is 0 Å². The molecule has 2 saturated heterocycles. The maximum atomic E-state index is 13.0. The Morgan fingerprint density at radius 1 is 1.23 bits per heavy atom. The number of rotatable bonds is 6. The lowest BCUT2D eigenvalue weighted by Crippen LogP contribution is -2.50. The SMILES string of the molecule is COC[C@@H](CCN1CCC2(CC2)[C@H](O)C1)N1C[C@H](C)N(C(=O)OC(C)(C)C)CCC1=O. The van der Waals surface area contributed by atoms with E-state index in [2.05, 4.69) is 4.90 Å². The highest BCUT2D eigenvalue weighted by Gasteiger charge is 2.51. The van der Waals surface area contributed by atoms with Crippen LogP contribution in [-0.4, -0.2) is 102 Å². The normalized spacial score (nSPS) is 27.9. The van der Waals surface area contributed by atoms with Gasteiger partial charge in [-0.25, -0.2) is 4.79 Å². The van der Waals surface area contributed by atoms with Gasteiger partial charge in [-0.3, -0.25) is 4.79 Å². The minimum atomic E-state index is -0.566. The van der Waals surface area contributed by atoms with Gasteiger partial charge in [0, 0.05) is 45.8 Å². The van der Waals surface area contributed by atoms with Gasteiger partial charge in [-0.05, 0) is 65.3 Å². The summed E-state index contributed by atoms with van der Waals surface area (Å²) in [6.45, 7) is 11.4. The second-order valence-corrected chi connectivity index (χ2v) is 10.6. The van der Waals surface area contributed by atoms with Crippen molar-refractivity contribution >= 4 is 12.0 Å². The zero-order chi connectivity index (χ0) is 22.8. The molecule has 3 fully saturated rings. The van der Waals surface area contributed by atoms with Crippen LogP contribution in [0, 0.1) is 5.41 Å². The van der Waals surface area contributed by atoms with Crippen molar-refractivity contribution in [2.24, 2.45) is 5.41 Å². The quantitative estimate of drug-likeness (QED) is 0.683. The molecule has 0 aromatic heterocycles. The number of ether oxygens (including phenoxy) is 2. The summed E-state index contributed by atoms with van der Waals surface area (Å²) in [5.74, 6) is 0.0515. The number of likely N-dealkylation sites (tertiary alicyclic amines) is 1. The molecule has 3 aliphatic rings. The predicted octanol–water partition coefficient (Wildman–Crippen LogP) is 2.10. The molecule has 8 nitrogen and oxygen atoms in total. The predicted molar refractivity (Wildman–Crippen MR) is 118 cm³/mol. The number of hydrogen-bond donors (Lipinski definition) is 1. The molecule has 3 atom stereocenters. The van der Waals surface area contributed by atoms with E-state index in [0.29, 0.717) is 19.7 Å². The highest BCUT2D eigenvalue weighted by atomic mass is 16.6. The molecular weight excluding hydrogens is 398 g/mol. The topological polar surface area (TPSA) is 82.6 Å². The van der Waals surface area contributed by atoms with Crippen molar-refractivity contribution in [3.63, 3.8) is 0 Å². The zero-order valence-electron chi connectivity index (χ0n) is 19.9. The minimum Gasteiger partial charge on any atom is -0.444 e. The monoisotopic (exact) mass is 439 g/mol. The van der Waals surface area contributed by atoms with Crippen LogP contribution in [-0.2, 0) is 14.3 Å². The Bertz CT molecular complexity index is 646. The molecule has 2 heterocycles. The summed E-state index contributed by atoms with van der Waals surface area (Å²) >= 11 is 0. The molecule has 31 heavy (non-hydrogen) atoms. The standard InChI is InChI=1S/C23H41N3O5/c1-17-14-26(20(28)7-12-25(17)21(29)31-22(2,3)4)18(16-30-5)6-11-24-13-10-23(8-9-23)19(27)15-24/h17-19,27H,6-16H2,1-5H3/t17-,18+,19+/m0/s1. The molecule has 0 radical (unpaired) electrons. The van der Waals surface area contributed by atoms with Gasteiger partial charge in [0.1, 0.15) is 5.60 Å². The third kappa shape index (κ3) is 6.11. The zero-order valence-corrected chi connectivity index (χ0v) is 19.9. The lowest BCUT2D eigenvalue weighted by molar-refractivity contribution is -0.134. The summed E-state index contributed by atoms with van der Waals surface area (Å²) in [5.41, 5.74) is -0.368. The molecule has 3 rings (SSSR count). The largest absolute Gasteiger partial charge is 0.444 e. The van der Waals surface area contributed by atoms with Crippen LogP contribution in [0.3, 0.4) is 0 Å². The molecule has 8 heteroatoms. The van der Waals surface area contributed by atoms with E-state index >= 15 is 0 Å². The van der Waals surface area contributed by atoms with E-state index in [9.17, 15) is 14.7 Å². The van der Waals surface area contributed by atoms with Gasteiger partial charge in [-0.15, -0.1) is 0 Å². The Kier molecular flexibility index (Phi) is 7.54. The fourth-order valence-electron chi connectivity index (χ4n) is 4.89. The second kappa shape index (κ2) is 9.63. The summed E-state index contributed by atoms with van der Waals surface area (Å²) in [5, 5.41) is 10.5. The number of nitrogens with zero attached hydrogens (tertiary/aromatic N) is 3. The van der Waals surface area contributed by atoms with Gasteiger partial charge in [0.15, 0.2) is 0 Å². The van der Waals surface area contributed by atoms with Crippen LogP contribution in [0.4, 0.5) is 4.79 Å². The lowest BCUT2D eigenvalue weighted by Gasteiger charge is -2.38. The Morgan fingerprint density at radius 2 is 1.94 bits per heavy atom. The van der Waals surface area contributed by atoms with Gasteiger partial charge in [-0.2, -0.15) is 0 Å². The first-order valence-electron chi connectivity index (χ1n) is 11.7. The third-order valence-electron chi connectivity index (χ3n) is 7.04. The maximum absolute atomic E-state index is 13.0. The van der Waals surface area contributed by atoms with E-state index in [0.717, 1.165) is 45.3 Å². The molecule has 0 aromatic rings. The number of piperidine rings is 1. The maximum Gasteiger partial charge on any atom is 0.410 e. The van der Waals surface area contributed by atoms with E-state index in [1.54, 1.807) is 12.0 Å². The van der Waals surface area contributed by atoms with Crippen LogP contribution < -0.4 is 0 Å². The van der Waals surface area contributed by atoms with Gasteiger partial charge >= 0.3 is 6.09 Å². The van der Waals surface area contributed by atoms with E-state index in [-0.39, 0.29) is 42.0 Å². The Balaban J connectivity index is 1.59. The van der Waals surface area contributed by atoms with Crippen LogP contribution in [0.25, 0.3) is 0 Å². The number of methoxy groups -OCH3 is 1. The summed E-state index contributed by atoms with van der Waals surface area (Å²) in [6, 6.07) is -0.181. The molecule has 0 unspecified atom stereocenters. The molecule has 1 spiro atoms. The molecule has 1 N–H and O–H groups in total. The Labute approximate surface area is 186 Å². The summed E-state index contributed by atoms with van der Waals surface area (Å²) in [6.07, 6.45) is 3.85. The molecule has 0 bridgehead atoms. The molecule has 2 aliphatic heterocycles. The average Bonchev–Trinajstić information content (AvgIpc) is 3.46. The van der Waals surface area contributed by atoms with Gasteiger partial charge in [-0.1, -0.05) is 0 Å². The highest BCUT2D eigenvalue weighted by molar-refractivity contribution is 5.78. The molecule has 178 valence electrons. The van der Waals surface area contributed by atoms with Gasteiger partial charge < -0.3 is 29.3 Å². The van der Waals surface area contributed by atoms with E-state index in [1.165, 1.54) is 0 Å². The number of carbonyl (C=O) groups excluding carboxylic acids is 2. The smallest absolute Gasteiger partial charge is 0.410 e. The molecule has 1 saturated carbocycles. The van der Waals surface area contributed by atoms with Crippen molar-refractivity contribution in [2.45, 2.75) is 83.6 Å². The number of β-amino-alcohol motifs (C(OH)–C–C–N with tert-alkyl or cyclic N) is 1. The molecule has 2 amide bonds. The van der Waals surface area contributed by atoms with Crippen molar-refractivity contribution in [1.82, 2.24) is 14.7 Å². The number of carbonyl (C=O) groups is 2. The molecule has 0 aromatic carbocycles. The number of hydrogen-bond acceptors (Lipinski definition) is 6. The first kappa shape index (κ1) is 24.3. The van der Waals surface area contributed by atoms with Crippen LogP contribution in [0.2, 0.25) is 0 Å². The summed E-state index contributed by atoms with van der Waals surface area (Å²) in [7, 11) is 1.66. The van der Waals surface area contributed by atoms with E-state index < -0.39 is 5.60 Å². The fourth-order valence-corrected chi connectivity index (χ4v) is 4.89. The number of amides is 2. The Morgan fingerprint density at radius 3 is 2.52 bits per heavy atom. The molecular formula is C23H41N3O5. The lowest BCUT2D eigenvalue weighted by atomic mass is 9.90. The fraction of sp³-hybridized carbons (Fsp3) is 0.913. The van der Waals surface area contributed by atoms with Crippen molar-refractivity contribution in [1.29, 1.82) is 0 Å². The van der Waals surface area contributed by atoms with Crippen molar-refractivity contribution < 1.29 is 24.2 Å². The van der Waals surface area contributed by atoms with Crippen LogP contribution in [0.1, 0.15) is 59.8 Å². The average molecular weight is 440 g/mol. The second-order valence-electron chi connectivity index (χ2n) is 10.6. The highest BCUT2D eigenvalue weighted by Crippen LogP contribution is 2.53. The Hall–Kier alpha value is -1.38.